The van der Waals surface area contributed by atoms with Gasteiger partial charge >= 0.3 is 0 Å². The lowest BCUT2D eigenvalue weighted by Gasteiger charge is -2.37. The summed E-state index contributed by atoms with van der Waals surface area (Å²) in [6.45, 7) is 6.79. The summed E-state index contributed by atoms with van der Waals surface area (Å²) < 4.78 is 13.0. The standard InChI is InChI=1S/C22H26FN3O2/c1-16-3-5-18(6-4-16)15-24-21(27)17(2)25-11-13-26(14-12-25)22(28)19-7-9-20(23)10-8-19/h3-10,17H,11-15H2,1-2H3,(H,24,27)/t17-/m1/s1. The number of nitrogens with one attached hydrogen (secondary N) is 1. The van der Waals surface area contributed by atoms with Crippen molar-refractivity contribution >= 4 is 11.8 Å². The molecule has 1 aliphatic heterocycles. The third-order valence-corrected chi connectivity index (χ3v) is 5.21. The molecule has 2 aromatic carbocycles. The maximum Gasteiger partial charge on any atom is 0.253 e. The molecular formula is C22H26FN3O2. The Hall–Kier alpha value is -2.73. The van der Waals surface area contributed by atoms with Gasteiger partial charge in [-0.25, -0.2) is 4.39 Å². The molecule has 3 rings (SSSR count). The first kappa shape index (κ1) is 20.0. The zero-order valence-corrected chi connectivity index (χ0v) is 16.3. The summed E-state index contributed by atoms with van der Waals surface area (Å²) >= 11 is 0. The summed E-state index contributed by atoms with van der Waals surface area (Å²) in [7, 11) is 0. The Labute approximate surface area is 165 Å². The largest absolute Gasteiger partial charge is 0.351 e. The van der Waals surface area contributed by atoms with Gasteiger partial charge < -0.3 is 10.2 Å². The van der Waals surface area contributed by atoms with Crippen LogP contribution in [0.2, 0.25) is 0 Å². The molecule has 148 valence electrons. The minimum Gasteiger partial charge on any atom is -0.351 e. The van der Waals surface area contributed by atoms with Crippen molar-refractivity contribution < 1.29 is 14.0 Å². The van der Waals surface area contributed by atoms with E-state index in [4.69, 9.17) is 0 Å². The van der Waals surface area contributed by atoms with Gasteiger partial charge in [0.2, 0.25) is 5.91 Å². The minimum atomic E-state index is -0.355. The molecule has 1 atom stereocenters. The second-order valence-corrected chi connectivity index (χ2v) is 7.21. The first-order valence-corrected chi connectivity index (χ1v) is 9.56. The zero-order valence-electron chi connectivity index (χ0n) is 16.3. The van der Waals surface area contributed by atoms with Crippen molar-refractivity contribution in [2.24, 2.45) is 0 Å². The summed E-state index contributed by atoms with van der Waals surface area (Å²) in [6.07, 6.45) is 0. The van der Waals surface area contributed by atoms with Gasteiger partial charge in [0.25, 0.3) is 5.91 Å². The van der Waals surface area contributed by atoms with Crippen molar-refractivity contribution in [3.63, 3.8) is 0 Å². The van der Waals surface area contributed by atoms with Crippen molar-refractivity contribution in [3.8, 4) is 0 Å². The Balaban J connectivity index is 1.48. The van der Waals surface area contributed by atoms with Gasteiger partial charge in [0.05, 0.1) is 6.04 Å². The van der Waals surface area contributed by atoms with Crippen molar-refractivity contribution in [3.05, 3.63) is 71.0 Å². The van der Waals surface area contributed by atoms with Crippen LogP contribution in [-0.4, -0.2) is 53.8 Å². The van der Waals surface area contributed by atoms with Crippen LogP contribution >= 0.6 is 0 Å². The Bertz CT molecular complexity index is 813. The lowest BCUT2D eigenvalue weighted by atomic mass is 10.1. The lowest BCUT2D eigenvalue weighted by Crippen LogP contribution is -2.54. The molecule has 1 N–H and O–H groups in total. The van der Waals surface area contributed by atoms with E-state index in [0.29, 0.717) is 38.3 Å². The molecule has 0 saturated carbocycles. The first-order valence-electron chi connectivity index (χ1n) is 9.56. The van der Waals surface area contributed by atoms with Crippen LogP contribution in [0, 0.1) is 12.7 Å². The Morgan fingerprint density at radius 2 is 1.61 bits per heavy atom. The van der Waals surface area contributed by atoms with Gasteiger partial charge in [0.15, 0.2) is 0 Å². The van der Waals surface area contributed by atoms with Crippen molar-refractivity contribution in [1.29, 1.82) is 0 Å². The highest BCUT2D eigenvalue weighted by atomic mass is 19.1. The van der Waals surface area contributed by atoms with E-state index in [9.17, 15) is 14.0 Å². The van der Waals surface area contributed by atoms with Crippen LogP contribution in [0.1, 0.15) is 28.4 Å². The average Bonchev–Trinajstić information content (AvgIpc) is 2.73. The normalized spacial score (nSPS) is 15.9. The van der Waals surface area contributed by atoms with E-state index < -0.39 is 0 Å². The van der Waals surface area contributed by atoms with Crippen LogP contribution in [-0.2, 0) is 11.3 Å². The van der Waals surface area contributed by atoms with Crippen LogP contribution in [0.4, 0.5) is 4.39 Å². The number of carbonyl (C=O) groups excluding carboxylic acids is 2. The van der Waals surface area contributed by atoms with Gasteiger partial charge in [-0.05, 0) is 43.7 Å². The van der Waals surface area contributed by atoms with E-state index in [2.05, 4.69) is 10.2 Å². The number of hydrogen-bond acceptors (Lipinski definition) is 3. The van der Waals surface area contributed by atoms with Crippen LogP contribution in [0.3, 0.4) is 0 Å². The number of aryl methyl sites for hydroxylation is 1. The number of rotatable bonds is 5. The Kier molecular flexibility index (Phi) is 6.41. The monoisotopic (exact) mass is 383 g/mol. The third-order valence-electron chi connectivity index (χ3n) is 5.21. The SMILES string of the molecule is Cc1ccc(CNC(=O)[C@@H](C)N2CCN(C(=O)c3ccc(F)cc3)CC2)cc1. The molecule has 1 aliphatic rings. The molecule has 5 nitrogen and oxygen atoms in total. The summed E-state index contributed by atoms with van der Waals surface area (Å²) in [5, 5.41) is 2.98. The summed E-state index contributed by atoms with van der Waals surface area (Å²) in [5.41, 5.74) is 2.75. The van der Waals surface area contributed by atoms with Crippen LogP contribution in [0.25, 0.3) is 0 Å². The third kappa shape index (κ3) is 4.95. The summed E-state index contributed by atoms with van der Waals surface area (Å²) in [4.78, 5) is 28.8. The van der Waals surface area contributed by atoms with Gasteiger partial charge in [-0.15, -0.1) is 0 Å². The molecule has 0 radical (unpaired) electrons. The van der Waals surface area contributed by atoms with Gasteiger partial charge in [-0.3, -0.25) is 14.5 Å². The predicted octanol–water partition coefficient (Wildman–Crippen LogP) is 2.60. The highest BCUT2D eigenvalue weighted by Gasteiger charge is 2.27. The lowest BCUT2D eigenvalue weighted by molar-refractivity contribution is -0.126. The fourth-order valence-corrected chi connectivity index (χ4v) is 3.30. The number of hydrogen-bond donors (Lipinski definition) is 1. The number of nitrogens with zero attached hydrogens (tertiary/aromatic N) is 2. The molecule has 0 bridgehead atoms. The molecular weight excluding hydrogens is 357 g/mol. The Morgan fingerprint density at radius 1 is 1.00 bits per heavy atom. The first-order chi connectivity index (χ1) is 13.4. The number of amides is 2. The van der Waals surface area contributed by atoms with Crippen LogP contribution in [0.5, 0.6) is 0 Å². The number of halogens is 1. The van der Waals surface area contributed by atoms with Gasteiger partial charge in [-0.2, -0.15) is 0 Å². The number of piperazine rings is 1. The van der Waals surface area contributed by atoms with E-state index in [1.807, 2.05) is 38.1 Å². The quantitative estimate of drug-likeness (QED) is 0.864. The van der Waals surface area contributed by atoms with Crippen molar-refractivity contribution in [2.75, 3.05) is 26.2 Å². The van der Waals surface area contributed by atoms with E-state index in [1.165, 1.54) is 29.8 Å². The predicted molar refractivity (Wildman–Crippen MR) is 106 cm³/mol. The summed E-state index contributed by atoms with van der Waals surface area (Å²) in [6, 6.07) is 13.4. The molecule has 0 aromatic heterocycles. The molecule has 2 aromatic rings. The van der Waals surface area contributed by atoms with Crippen molar-refractivity contribution in [2.45, 2.75) is 26.4 Å². The van der Waals surface area contributed by atoms with E-state index in [-0.39, 0.29) is 23.7 Å². The second-order valence-electron chi connectivity index (χ2n) is 7.21. The van der Waals surface area contributed by atoms with Crippen LogP contribution in [0.15, 0.2) is 48.5 Å². The highest BCUT2D eigenvalue weighted by molar-refractivity contribution is 5.94. The van der Waals surface area contributed by atoms with E-state index in [0.717, 1.165) is 5.56 Å². The maximum absolute atomic E-state index is 13.0. The fourth-order valence-electron chi connectivity index (χ4n) is 3.30. The minimum absolute atomic E-state index is 0.0149. The van der Waals surface area contributed by atoms with E-state index in [1.54, 1.807) is 4.90 Å². The van der Waals surface area contributed by atoms with Crippen molar-refractivity contribution in [1.82, 2.24) is 15.1 Å². The second kappa shape index (κ2) is 8.97. The zero-order chi connectivity index (χ0) is 20.1. The summed E-state index contributed by atoms with van der Waals surface area (Å²) in [5.74, 6) is -0.471. The number of benzene rings is 2. The molecule has 1 heterocycles. The molecule has 28 heavy (non-hydrogen) atoms. The number of carbonyl (C=O) groups is 2. The molecule has 1 saturated heterocycles. The smallest absolute Gasteiger partial charge is 0.253 e. The van der Waals surface area contributed by atoms with E-state index >= 15 is 0 Å². The molecule has 0 unspecified atom stereocenters. The highest BCUT2D eigenvalue weighted by Crippen LogP contribution is 2.12. The Morgan fingerprint density at radius 3 is 2.21 bits per heavy atom. The average molecular weight is 383 g/mol. The molecule has 0 spiro atoms. The maximum atomic E-state index is 13.0. The molecule has 2 amide bonds. The molecule has 0 aliphatic carbocycles. The molecule has 6 heteroatoms. The topological polar surface area (TPSA) is 52.7 Å². The van der Waals surface area contributed by atoms with Gasteiger partial charge in [0.1, 0.15) is 5.82 Å². The van der Waals surface area contributed by atoms with Gasteiger partial charge in [0, 0.05) is 38.3 Å². The fraction of sp³-hybridized carbons (Fsp3) is 0.364. The van der Waals surface area contributed by atoms with Crippen LogP contribution < -0.4 is 5.32 Å². The van der Waals surface area contributed by atoms with Gasteiger partial charge in [-0.1, -0.05) is 29.8 Å². The molecule has 1 fully saturated rings.